The lowest BCUT2D eigenvalue weighted by molar-refractivity contribution is 0.590. The highest BCUT2D eigenvalue weighted by atomic mass is 32.2. The van der Waals surface area contributed by atoms with Gasteiger partial charge in [-0.2, -0.15) is 0 Å². The van der Waals surface area contributed by atoms with Gasteiger partial charge in [-0.3, -0.25) is 0 Å². The van der Waals surface area contributed by atoms with Gasteiger partial charge in [0.15, 0.2) is 9.84 Å². The summed E-state index contributed by atoms with van der Waals surface area (Å²) in [6, 6.07) is 5.08. The van der Waals surface area contributed by atoms with Crippen LogP contribution in [0.25, 0.3) is 0 Å². The molecule has 0 bridgehead atoms. The largest absolute Gasteiger partial charge is 0.398 e. The van der Waals surface area contributed by atoms with Crippen molar-refractivity contribution in [1.29, 1.82) is 0 Å². The Hall–Kier alpha value is -1.03. The van der Waals surface area contributed by atoms with Crippen LogP contribution in [0.2, 0.25) is 0 Å². The first kappa shape index (κ1) is 11.5. The molecule has 0 aromatic heterocycles. The smallest absolute Gasteiger partial charge is 0.178 e. The minimum Gasteiger partial charge on any atom is -0.398 e. The maximum Gasteiger partial charge on any atom is 0.178 e. The van der Waals surface area contributed by atoms with Crippen LogP contribution in [0, 0.1) is 12.8 Å². The topological polar surface area (TPSA) is 60.2 Å². The van der Waals surface area contributed by atoms with Crippen molar-refractivity contribution in [3.8, 4) is 0 Å². The fraction of sp³-hybridized carbons (Fsp3) is 0.500. The van der Waals surface area contributed by atoms with Gasteiger partial charge in [-0.15, -0.1) is 0 Å². The first-order valence-electron chi connectivity index (χ1n) is 5.58. The molecule has 0 aliphatic heterocycles. The summed E-state index contributed by atoms with van der Waals surface area (Å²) in [4.78, 5) is 0.396. The van der Waals surface area contributed by atoms with E-state index in [-0.39, 0.29) is 5.75 Å². The van der Waals surface area contributed by atoms with Crippen molar-refractivity contribution in [1.82, 2.24) is 0 Å². The van der Waals surface area contributed by atoms with Crippen molar-refractivity contribution in [3.63, 3.8) is 0 Å². The second-order valence-corrected chi connectivity index (χ2v) is 6.60. The van der Waals surface area contributed by atoms with E-state index in [0.29, 0.717) is 22.1 Å². The van der Waals surface area contributed by atoms with E-state index in [1.54, 1.807) is 25.1 Å². The highest BCUT2D eigenvalue weighted by Gasteiger charge is 2.25. The molecule has 1 saturated carbocycles. The second kappa shape index (κ2) is 4.09. The maximum atomic E-state index is 12.1. The molecule has 1 aromatic rings. The Kier molecular flexibility index (Phi) is 2.93. The number of rotatable bonds is 4. The van der Waals surface area contributed by atoms with Gasteiger partial charge in [-0.05, 0) is 37.0 Å². The van der Waals surface area contributed by atoms with Crippen molar-refractivity contribution in [2.75, 3.05) is 11.5 Å². The molecule has 4 heteroatoms. The van der Waals surface area contributed by atoms with Gasteiger partial charge in [0.25, 0.3) is 0 Å². The van der Waals surface area contributed by atoms with E-state index in [0.717, 1.165) is 6.42 Å². The Morgan fingerprint density at radius 1 is 1.38 bits per heavy atom. The summed E-state index contributed by atoms with van der Waals surface area (Å²) in [6.07, 6.45) is 3.16. The molecule has 0 radical (unpaired) electrons. The van der Waals surface area contributed by atoms with Gasteiger partial charge in [0.1, 0.15) is 0 Å². The average Bonchev–Trinajstić information content (AvgIpc) is 3.03. The van der Waals surface area contributed by atoms with Crippen LogP contribution in [0.1, 0.15) is 24.8 Å². The molecule has 2 N–H and O–H groups in total. The van der Waals surface area contributed by atoms with Gasteiger partial charge < -0.3 is 5.73 Å². The van der Waals surface area contributed by atoms with Crippen molar-refractivity contribution in [2.45, 2.75) is 31.1 Å². The summed E-state index contributed by atoms with van der Waals surface area (Å²) >= 11 is 0. The van der Waals surface area contributed by atoms with Crippen molar-refractivity contribution in [2.24, 2.45) is 5.92 Å². The minimum absolute atomic E-state index is 0.252. The fourth-order valence-electron chi connectivity index (χ4n) is 1.81. The highest BCUT2D eigenvalue weighted by Crippen LogP contribution is 2.33. The van der Waals surface area contributed by atoms with E-state index >= 15 is 0 Å². The molecule has 88 valence electrons. The lowest BCUT2D eigenvalue weighted by atomic mass is 10.2. The molecular formula is C12H17NO2S. The predicted octanol–water partition coefficient (Wildman–Crippen LogP) is 2.15. The minimum atomic E-state index is -3.15. The van der Waals surface area contributed by atoms with Crippen molar-refractivity contribution >= 4 is 15.5 Å². The number of hydrogen-bond donors (Lipinski definition) is 1. The molecule has 0 spiro atoms. The Balaban J connectivity index is 2.23. The molecule has 3 nitrogen and oxygen atoms in total. The Morgan fingerprint density at radius 2 is 2.06 bits per heavy atom. The molecule has 0 atom stereocenters. The molecule has 0 unspecified atom stereocenters. The van der Waals surface area contributed by atoms with E-state index in [1.807, 2.05) is 0 Å². The lowest BCUT2D eigenvalue weighted by Gasteiger charge is -2.09. The zero-order chi connectivity index (χ0) is 11.8. The number of nitrogens with two attached hydrogens (primary N) is 1. The molecule has 16 heavy (non-hydrogen) atoms. The van der Waals surface area contributed by atoms with Gasteiger partial charge in [-0.1, -0.05) is 18.9 Å². The third-order valence-corrected chi connectivity index (χ3v) is 5.04. The Morgan fingerprint density at radius 3 is 2.69 bits per heavy atom. The van der Waals surface area contributed by atoms with E-state index in [9.17, 15) is 8.42 Å². The van der Waals surface area contributed by atoms with Gasteiger partial charge in [0.05, 0.1) is 10.6 Å². The third-order valence-electron chi connectivity index (χ3n) is 3.15. The van der Waals surface area contributed by atoms with Gasteiger partial charge in [0.2, 0.25) is 0 Å². The van der Waals surface area contributed by atoms with Crippen LogP contribution in [0.3, 0.4) is 0 Å². The van der Waals surface area contributed by atoms with Crippen LogP contribution < -0.4 is 5.73 Å². The number of anilines is 1. The third kappa shape index (κ3) is 2.38. The van der Waals surface area contributed by atoms with E-state index in [4.69, 9.17) is 5.73 Å². The van der Waals surface area contributed by atoms with E-state index in [1.165, 1.54) is 12.8 Å². The predicted molar refractivity (Wildman–Crippen MR) is 65.0 cm³/mol. The first-order valence-corrected chi connectivity index (χ1v) is 7.24. The molecule has 1 aromatic carbocycles. The average molecular weight is 239 g/mol. The summed E-state index contributed by atoms with van der Waals surface area (Å²) in [5.74, 6) is 0.887. The molecule has 0 saturated heterocycles. The summed E-state index contributed by atoms with van der Waals surface area (Å²) in [7, 11) is -3.15. The van der Waals surface area contributed by atoms with Crippen LogP contribution in [-0.2, 0) is 9.84 Å². The monoisotopic (exact) mass is 239 g/mol. The molecule has 0 amide bonds. The number of hydrogen-bond acceptors (Lipinski definition) is 3. The van der Waals surface area contributed by atoms with Gasteiger partial charge in [-0.25, -0.2) is 8.42 Å². The van der Waals surface area contributed by atoms with Crippen LogP contribution >= 0.6 is 0 Å². The standard InChI is InChI=1S/C12H17NO2S/c1-9-11(13)3-2-4-12(9)16(14,15)8-7-10-5-6-10/h2-4,10H,5-8,13H2,1H3. The number of nitrogen functional groups attached to an aromatic ring is 1. The van der Waals surface area contributed by atoms with Crippen LogP contribution in [0.5, 0.6) is 0 Å². The molecule has 1 aliphatic rings. The van der Waals surface area contributed by atoms with Crippen LogP contribution in [-0.4, -0.2) is 14.2 Å². The lowest BCUT2D eigenvalue weighted by Crippen LogP contribution is -2.10. The Labute approximate surface area is 96.6 Å². The number of sulfone groups is 1. The van der Waals surface area contributed by atoms with Gasteiger partial charge >= 0.3 is 0 Å². The molecule has 2 rings (SSSR count). The highest BCUT2D eigenvalue weighted by molar-refractivity contribution is 7.91. The van der Waals surface area contributed by atoms with E-state index < -0.39 is 9.84 Å². The van der Waals surface area contributed by atoms with E-state index in [2.05, 4.69) is 0 Å². The Bertz CT molecular complexity index is 490. The first-order chi connectivity index (χ1) is 7.50. The molecule has 0 heterocycles. The number of benzene rings is 1. The maximum absolute atomic E-state index is 12.1. The summed E-state index contributed by atoms with van der Waals surface area (Å²) in [6.45, 7) is 1.76. The fourth-order valence-corrected chi connectivity index (χ4v) is 3.54. The van der Waals surface area contributed by atoms with Crippen LogP contribution in [0.15, 0.2) is 23.1 Å². The molecule has 1 aliphatic carbocycles. The SMILES string of the molecule is Cc1c(N)cccc1S(=O)(=O)CCC1CC1. The zero-order valence-corrected chi connectivity index (χ0v) is 10.3. The van der Waals surface area contributed by atoms with Crippen molar-refractivity contribution in [3.05, 3.63) is 23.8 Å². The quantitative estimate of drug-likeness (QED) is 0.819. The zero-order valence-electron chi connectivity index (χ0n) is 9.44. The summed E-state index contributed by atoms with van der Waals surface area (Å²) < 4.78 is 24.2. The molecule has 1 fully saturated rings. The van der Waals surface area contributed by atoms with Crippen molar-refractivity contribution < 1.29 is 8.42 Å². The molecular weight excluding hydrogens is 222 g/mol. The van der Waals surface area contributed by atoms with Gasteiger partial charge in [0, 0.05) is 5.69 Å². The summed E-state index contributed by atoms with van der Waals surface area (Å²) in [5.41, 5.74) is 6.95. The van der Waals surface area contributed by atoms with Crippen LogP contribution in [0.4, 0.5) is 5.69 Å². The second-order valence-electron chi connectivity index (χ2n) is 4.52. The summed E-state index contributed by atoms with van der Waals surface area (Å²) in [5, 5.41) is 0. The normalized spacial score (nSPS) is 16.3.